The topological polar surface area (TPSA) is 66.3 Å². The number of alkyl halides is 3. The lowest BCUT2D eigenvalue weighted by atomic mass is 10.2. The molecule has 2 aromatic rings. The van der Waals surface area contributed by atoms with Crippen molar-refractivity contribution in [1.82, 2.24) is 10.6 Å². The fourth-order valence-electron chi connectivity index (χ4n) is 1.81. The van der Waals surface area contributed by atoms with Crippen LogP contribution >= 0.6 is 47.0 Å². The molecule has 1 atom stereocenters. The first-order chi connectivity index (χ1) is 11.3. The molecule has 5 nitrogen and oxygen atoms in total. The van der Waals surface area contributed by atoms with Gasteiger partial charge in [0.2, 0.25) is 3.79 Å². The number of benzene rings is 1. The quantitative estimate of drug-likeness (QED) is 0.407. The van der Waals surface area contributed by atoms with Gasteiger partial charge in [-0.1, -0.05) is 53.0 Å². The first-order valence-electron chi connectivity index (χ1n) is 6.81. The highest BCUT2D eigenvalue weighted by Gasteiger charge is 2.35. The van der Waals surface area contributed by atoms with Crippen LogP contribution in [-0.4, -0.2) is 21.0 Å². The Morgan fingerprint density at radius 1 is 1.17 bits per heavy atom. The Kier molecular flexibility index (Phi) is 6.34. The third-order valence-corrected chi connectivity index (χ3v) is 3.89. The maximum absolute atomic E-state index is 12.1. The predicted molar refractivity (Wildman–Crippen MR) is 101 cm³/mol. The van der Waals surface area contributed by atoms with Crippen molar-refractivity contribution in [3.63, 3.8) is 0 Å². The van der Waals surface area contributed by atoms with Crippen LogP contribution in [0.4, 0.5) is 5.69 Å². The number of carbonyl (C=O) groups excluding carboxylic acids is 1. The predicted octanol–water partition coefficient (Wildman–Crippen LogP) is 4.00. The molecule has 9 heteroatoms. The SMILES string of the molecule is Cc1ccccc1NC(=S)N[C@H](NC(=O)c1ccco1)C(Cl)(Cl)Cl. The third kappa shape index (κ3) is 5.27. The van der Waals surface area contributed by atoms with Crippen LogP contribution in [0.5, 0.6) is 0 Å². The number of aryl methyl sites for hydroxylation is 1. The highest BCUT2D eigenvalue weighted by Crippen LogP contribution is 2.29. The summed E-state index contributed by atoms with van der Waals surface area (Å²) in [6, 6.07) is 10.6. The number of furan rings is 1. The number of anilines is 1. The van der Waals surface area contributed by atoms with E-state index in [4.69, 9.17) is 51.4 Å². The molecular formula is C15H14Cl3N3O2S. The highest BCUT2D eigenvalue weighted by atomic mass is 35.6. The van der Waals surface area contributed by atoms with Crippen LogP contribution in [0.3, 0.4) is 0 Å². The zero-order chi connectivity index (χ0) is 17.7. The summed E-state index contributed by atoms with van der Waals surface area (Å²) in [5, 5.41) is 8.49. The Balaban J connectivity index is 2.05. The third-order valence-electron chi connectivity index (χ3n) is 3.02. The maximum Gasteiger partial charge on any atom is 0.288 e. The average molecular weight is 407 g/mol. The zero-order valence-electron chi connectivity index (χ0n) is 12.5. The van der Waals surface area contributed by atoms with Gasteiger partial charge in [0.1, 0.15) is 6.17 Å². The summed E-state index contributed by atoms with van der Waals surface area (Å²) in [4.78, 5) is 12.1. The van der Waals surface area contributed by atoms with Gasteiger partial charge in [0.05, 0.1) is 6.26 Å². The molecule has 1 heterocycles. The maximum atomic E-state index is 12.1. The van der Waals surface area contributed by atoms with E-state index in [9.17, 15) is 4.79 Å². The molecule has 0 spiro atoms. The Bertz CT molecular complexity index is 717. The molecular weight excluding hydrogens is 393 g/mol. The molecule has 0 aliphatic heterocycles. The van der Waals surface area contributed by atoms with Gasteiger partial charge in [-0.3, -0.25) is 4.79 Å². The number of para-hydroxylation sites is 1. The van der Waals surface area contributed by atoms with E-state index in [1.165, 1.54) is 12.3 Å². The van der Waals surface area contributed by atoms with Gasteiger partial charge in [-0.05, 0) is 42.9 Å². The van der Waals surface area contributed by atoms with Crippen LogP contribution in [0.25, 0.3) is 0 Å². The Labute approximate surface area is 159 Å². The van der Waals surface area contributed by atoms with Crippen LogP contribution < -0.4 is 16.0 Å². The van der Waals surface area contributed by atoms with Crippen LogP contribution in [0.15, 0.2) is 47.1 Å². The summed E-state index contributed by atoms with van der Waals surface area (Å²) < 4.78 is 3.17. The standard InChI is InChI=1S/C15H14Cl3N3O2S/c1-9-5-2-3-6-10(9)19-14(24)21-13(15(16,17)18)20-12(22)11-7-4-8-23-11/h2-8,13H,1H3,(H,20,22)(H2,19,21,24)/t13-/m0/s1. The Hall–Kier alpha value is -1.47. The monoisotopic (exact) mass is 405 g/mol. The molecule has 0 saturated carbocycles. The minimum Gasteiger partial charge on any atom is -0.459 e. The molecule has 0 fully saturated rings. The summed E-state index contributed by atoms with van der Waals surface area (Å²) in [7, 11) is 0. The molecule has 0 aliphatic rings. The van der Waals surface area contributed by atoms with Gasteiger partial charge >= 0.3 is 0 Å². The fraction of sp³-hybridized carbons (Fsp3) is 0.200. The van der Waals surface area contributed by atoms with Gasteiger partial charge in [0.25, 0.3) is 5.91 Å². The van der Waals surface area contributed by atoms with Crippen LogP contribution in [0, 0.1) is 6.92 Å². The summed E-state index contributed by atoms with van der Waals surface area (Å²) in [6.45, 7) is 1.93. The van der Waals surface area contributed by atoms with E-state index in [-0.39, 0.29) is 10.9 Å². The molecule has 1 amide bonds. The zero-order valence-corrected chi connectivity index (χ0v) is 15.6. The second kappa shape index (κ2) is 8.07. The smallest absolute Gasteiger partial charge is 0.288 e. The lowest BCUT2D eigenvalue weighted by Gasteiger charge is -2.27. The van der Waals surface area contributed by atoms with E-state index in [2.05, 4.69) is 16.0 Å². The van der Waals surface area contributed by atoms with E-state index in [0.29, 0.717) is 0 Å². The number of thiocarbonyl (C=S) groups is 1. The van der Waals surface area contributed by atoms with E-state index in [1.807, 2.05) is 31.2 Å². The molecule has 0 saturated heterocycles. The lowest BCUT2D eigenvalue weighted by Crippen LogP contribution is -2.56. The van der Waals surface area contributed by atoms with Crippen LogP contribution in [0.2, 0.25) is 0 Å². The number of carbonyl (C=O) groups is 1. The molecule has 0 unspecified atom stereocenters. The second-order valence-electron chi connectivity index (χ2n) is 4.84. The summed E-state index contributed by atoms with van der Waals surface area (Å²) in [5.41, 5.74) is 1.79. The van der Waals surface area contributed by atoms with Crippen molar-refractivity contribution in [2.75, 3.05) is 5.32 Å². The van der Waals surface area contributed by atoms with Gasteiger partial charge in [0.15, 0.2) is 10.9 Å². The minimum absolute atomic E-state index is 0.0915. The number of amides is 1. The molecule has 128 valence electrons. The summed E-state index contributed by atoms with van der Waals surface area (Å²) in [6.07, 6.45) is 0.306. The van der Waals surface area contributed by atoms with E-state index in [0.717, 1.165) is 11.3 Å². The molecule has 1 aromatic heterocycles. The summed E-state index contributed by atoms with van der Waals surface area (Å²) in [5.74, 6) is -0.448. The van der Waals surface area contributed by atoms with Gasteiger partial charge in [0, 0.05) is 5.69 Å². The van der Waals surface area contributed by atoms with Gasteiger partial charge in [-0.2, -0.15) is 0 Å². The first-order valence-corrected chi connectivity index (χ1v) is 8.36. The van der Waals surface area contributed by atoms with Crippen molar-refractivity contribution in [3.05, 3.63) is 54.0 Å². The van der Waals surface area contributed by atoms with E-state index >= 15 is 0 Å². The van der Waals surface area contributed by atoms with E-state index < -0.39 is 15.9 Å². The van der Waals surface area contributed by atoms with Crippen molar-refractivity contribution in [2.45, 2.75) is 16.9 Å². The Morgan fingerprint density at radius 3 is 2.46 bits per heavy atom. The highest BCUT2D eigenvalue weighted by molar-refractivity contribution is 7.80. The van der Waals surface area contributed by atoms with Crippen molar-refractivity contribution in [3.8, 4) is 0 Å². The second-order valence-corrected chi connectivity index (χ2v) is 7.62. The number of nitrogens with one attached hydrogen (secondary N) is 3. The molecule has 3 N–H and O–H groups in total. The van der Waals surface area contributed by atoms with Crippen molar-refractivity contribution >= 4 is 63.7 Å². The van der Waals surface area contributed by atoms with Crippen LogP contribution in [-0.2, 0) is 0 Å². The average Bonchev–Trinajstić information content (AvgIpc) is 3.02. The number of hydrogen-bond acceptors (Lipinski definition) is 3. The fourth-order valence-corrected chi connectivity index (χ4v) is 2.37. The lowest BCUT2D eigenvalue weighted by molar-refractivity contribution is 0.0906. The molecule has 0 aliphatic carbocycles. The van der Waals surface area contributed by atoms with E-state index in [1.54, 1.807) is 6.07 Å². The first kappa shape index (κ1) is 18.9. The molecule has 2 rings (SSSR count). The molecule has 0 bridgehead atoms. The van der Waals surface area contributed by atoms with Crippen LogP contribution in [0.1, 0.15) is 16.1 Å². The van der Waals surface area contributed by atoms with Crippen molar-refractivity contribution in [2.24, 2.45) is 0 Å². The van der Waals surface area contributed by atoms with Gasteiger partial charge in [-0.15, -0.1) is 0 Å². The molecule has 1 aromatic carbocycles. The van der Waals surface area contributed by atoms with Gasteiger partial charge < -0.3 is 20.4 Å². The largest absolute Gasteiger partial charge is 0.459 e. The number of rotatable bonds is 4. The number of hydrogen-bond donors (Lipinski definition) is 3. The van der Waals surface area contributed by atoms with Gasteiger partial charge in [-0.25, -0.2) is 0 Å². The number of halogens is 3. The Morgan fingerprint density at radius 2 is 1.88 bits per heavy atom. The molecule has 24 heavy (non-hydrogen) atoms. The van der Waals surface area contributed by atoms with Crippen molar-refractivity contribution in [1.29, 1.82) is 0 Å². The minimum atomic E-state index is -1.83. The normalized spacial score (nSPS) is 12.3. The van der Waals surface area contributed by atoms with Crippen molar-refractivity contribution < 1.29 is 9.21 Å². The summed E-state index contributed by atoms with van der Waals surface area (Å²) >= 11 is 23.0. The molecule has 0 radical (unpaired) electrons.